The highest BCUT2D eigenvalue weighted by atomic mass is 35.5. The highest BCUT2D eigenvalue weighted by molar-refractivity contribution is 6.31. The fourth-order valence-corrected chi connectivity index (χ4v) is 3.63. The van der Waals surface area contributed by atoms with E-state index >= 15 is 0 Å². The van der Waals surface area contributed by atoms with Gasteiger partial charge in [-0.1, -0.05) is 23.8 Å². The van der Waals surface area contributed by atoms with Gasteiger partial charge in [0.2, 0.25) is 5.91 Å². The summed E-state index contributed by atoms with van der Waals surface area (Å²) < 4.78 is 0. The van der Waals surface area contributed by atoms with E-state index in [1.54, 1.807) is 6.08 Å². The number of carbonyl (C=O) groups is 3. The summed E-state index contributed by atoms with van der Waals surface area (Å²) in [5.41, 5.74) is 4.29. The van der Waals surface area contributed by atoms with Crippen molar-refractivity contribution < 1.29 is 24.6 Å². The fourth-order valence-electron chi connectivity index (χ4n) is 3.46. The number of phenolic OH excluding ortho intramolecular Hbond substituents is 1. The molecule has 2 aliphatic rings. The highest BCUT2D eigenvalue weighted by Crippen LogP contribution is 2.47. The molecule has 7 nitrogen and oxygen atoms in total. The molecule has 0 saturated heterocycles. The molecule has 1 aromatic carbocycles. The molecule has 1 fully saturated rings. The maximum absolute atomic E-state index is 12.3. The fraction of sp³-hybridized carbons (Fsp3) is 0.312. The number of hydrogen-bond donors (Lipinski definition) is 3. The van der Waals surface area contributed by atoms with Gasteiger partial charge in [0.05, 0.1) is 11.5 Å². The van der Waals surface area contributed by atoms with Gasteiger partial charge in [-0.15, -0.1) is 0 Å². The molecule has 1 saturated carbocycles. The molecule has 1 aromatic rings. The Labute approximate surface area is 142 Å². The van der Waals surface area contributed by atoms with Gasteiger partial charge in [0.15, 0.2) is 0 Å². The molecule has 0 unspecified atom stereocenters. The van der Waals surface area contributed by atoms with Crippen molar-refractivity contribution in [3.63, 3.8) is 0 Å². The molecule has 3 N–H and O–H groups in total. The smallest absolute Gasteiger partial charge is 0.273 e. The maximum atomic E-state index is 12.3. The van der Waals surface area contributed by atoms with E-state index in [9.17, 15) is 24.6 Å². The Morgan fingerprint density at radius 3 is 2.46 bits per heavy atom. The summed E-state index contributed by atoms with van der Waals surface area (Å²) in [6, 6.07) is 3.92. The number of carboxylic acid groups (broad SMARTS) is 1. The molecular weight excluding hydrogens is 336 g/mol. The standard InChI is InChI=1S/C16H15ClN2O5/c17-9-3-4-11(20)10(6-9)14(21)18-19-15(22)12-7-1-2-8(5-7)13(12)16(23)24/h1-4,6-8,12-13,20H,5H2,(H,18,21)(H,19,22)(H,23,24)/p-1/t7-,8+,12-,13+/m1/s1. The zero-order valence-electron chi connectivity index (χ0n) is 12.4. The summed E-state index contributed by atoms with van der Waals surface area (Å²) in [7, 11) is 0. The van der Waals surface area contributed by atoms with E-state index in [-0.39, 0.29) is 28.2 Å². The first-order chi connectivity index (χ1) is 11.4. The van der Waals surface area contributed by atoms with Crippen LogP contribution in [0.4, 0.5) is 0 Å². The number of benzene rings is 1. The number of fused-ring (bicyclic) bond motifs is 2. The highest BCUT2D eigenvalue weighted by Gasteiger charge is 2.48. The topological polar surface area (TPSA) is 119 Å². The van der Waals surface area contributed by atoms with Crippen molar-refractivity contribution in [1.29, 1.82) is 0 Å². The molecule has 0 radical (unpaired) electrons. The van der Waals surface area contributed by atoms with Crippen molar-refractivity contribution >= 4 is 29.4 Å². The number of nitrogens with one attached hydrogen (secondary N) is 2. The van der Waals surface area contributed by atoms with E-state index in [1.807, 2.05) is 6.08 Å². The van der Waals surface area contributed by atoms with Crippen LogP contribution < -0.4 is 16.0 Å². The number of carboxylic acids is 1. The number of aliphatic carboxylic acids is 1. The van der Waals surface area contributed by atoms with Crippen molar-refractivity contribution in [2.75, 3.05) is 0 Å². The molecule has 0 heterocycles. The average Bonchev–Trinajstić information content (AvgIpc) is 3.15. The van der Waals surface area contributed by atoms with Crippen LogP contribution in [0.25, 0.3) is 0 Å². The summed E-state index contributed by atoms with van der Waals surface area (Å²) in [6.45, 7) is 0. The molecular formula is C16H14ClN2O5-. The number of halogens is 1. The third kappa shape index (κ3) is 2.82. The molecule has 2 aliphatic carbocycles. The second kappa shape index (κ2) is 6.16. The molecule has 2 bridgehead atoms. The van der Waals surface area contributed by atoms with Crippen molar-refractivity contribution in [2.24, 2.45) is 23.7 Å². The molecule has 126 valence electrons. The second-order valence-electron chi connectivity index (χ2n) is 5.92. The van der Waals surface area contributed by atoms with Crippen LogP contribution in [-0.2, 0) is 9.59 Å². The van der Waals surface area contributed by atoms with E-state index < -0.39 is 29.6 Å². The van der Waals surface area contributed by atoms with E-state index in [0.29, 0.717) is 6.42 Å². The molecule has 2 amide bonds. The van der Waals surface area contributed by atoms with Crippen molar-refractivity contribution in [3.05, 3.63) is 40.9 Å². The van der Waals surface area contributed by atoms with Gasteiger partial charge in [0.1, 0.15) is 5.75 Å². The minimum Gasteiger partial charge on any atom is -0.550 e. The zero-order chi connectivity index (χ0) is 17.4. The molecule has 0 spiro atoms. The summed E-state index contributed by atoms with van der Waals surface area (Å²) in [5, 5.41) is 21.2. The lowest BCUT2D eigenvalue weighted by Gasteiger charge is -2.27. The van der Waals surface area contributed by atoms with E-state index in [4.69, 9.17) is 11.6 Å². The Balaban J connectivity index is 1.67. The molecule has 4 atom stereocenters. The summed E-state index contributed by atoms with van der Waals surface area (Å²) >= 11 is 5.77. The second-order valence-corrected chi connectivity index (χ2v) is 6.36. The number of phenols is 1. The monoisotopic (exact) mass is 349 g/mol. The average molecular weight is 350 g/mol. The van der Waals surface area contributed by atoms with Crippen LogP contribution >= 0.6 is 11.6 Å². The van der Waals surface area contributed by atoms with Crippen molar-refractivity contribution in [1.82, 2.24) is 10.9 Å². The SMILES string of the molecule is O=C(NNC(=O)[C@H]1[C@@H](C(=O)[O-])[C@H]2C=C[C@@H]1C2)c1cc(Cl)ccc1O. The third-order valence-electron chi connectivity index (χ3n) is 4.54. The van der Waals surface area contributed by atoms with Crippen LogP contribution in [0.5, 0.6) is 5.75 Å². The van der Waals surface area contributed by atoms with Gasteiger partial charge in [-0.25, -0.2) is 0 Å². The van der Waals surface area contributed by atoms with Gasteiger partial charge in [-0.05, 0) is 36.5 Å². The quantitative estimate of drug-likeness (QED) is 0.524. The summed E-state index contributed by atoms with van der Waals surface area (Å²) in [4.78, 5) is 35.6. The molecule has 8 heteroatoms. The minimum absolute atomic E-state index is 0.105. The first-order valence-corrected chi connectivity index (χ1v) is 7.74. The lowest BCUT2D eigenvalue weighted by molar-refractivity contribution is -0.313. The van der Waals surface area contributed by atoms with Gasteiger partial charge in [-0.2, -0.15) is 0 Å². The largest absolute Gasteiger partial charge is 0.550 e. The van der Waals surface area contributed by atoms with Gasteiger partial charge in [-0.3, -0.25) is 20.4 Å². The number of amides is 2. The third-order valence-corrected chi connectivity index (χ3v) is 4.77. The Hall–Kier alpha value is -2.54. The summed E-state index contributed by atoms with van der Waals surface area (Å²) in [6.07, 6.45) is 4.19. The van der Waals surface area contributed by atoms with E-state index in [0.717, 1.165) is 0 Å². The normalized spacial score (nSPS) is 27.0. The maximum Gasteiger partial charge on any atom is 0.273 e. The summed E-state index contributed by atoms with van der Waals surface area (Å²) in [5.74, 6) is -5.03. The van der Waals surface area contributed by atoms with Crippen LogP contribution in [0.1, 0.15) is 16.8 Å². The zero-order valence-corrected chi connectivity index (χ0v) is 13.1. The van der Waals surface area contributed by atoms with Crippen molar-refractivity contribution in [3.8, 4) is 5.75 Å². The van der Waals surface area contributed by atoms with Gasteiger partial charge in [0, 0.05) is 16.9 Å². The number of rotatable bonds is 3. The van der Waals surface area contributed by atoms with Gasteiger partial charge < -0.3 is 15.0 Å². The molecule has 0 aromatic heterocycles. The van der Waals surface area contributed by atoms with Crippen LogP contribution in [0.2, 0.25) is 5.02 Å². The molecule has 24 heavy (non-hydrogen) atoms. The number of allylic oxidation sites excluding steroid dienone is 2. The Morgan fingerprint density at radius 2 is 1.79 bits per heavy atom. The van der Waals surface area contributed by atoms with Crippen molar-refractivity contribution in [2.45, 2.75) is 6.42 Å². The van der Waals surface area contributed by atoms with Gasteiger partial charge in [0.25, 0.3) is 5.91 Å². The Morgan fingerprint density at radius 1 is 1.12 bits per heavy atom. The lowest BCUT2D eigenvalue weighted by atomic mass is 9.82. The van der Waals surface area contributed by atoms with Crippen LogP contribution in [0.3, 0.4) is 0 Å². The van der Waals surface area contributed by atoms with Crippen LogP contribution in [-0.4, -0.2) is 22.9 Å². The number of carbonyl (C=O) groups excluding carboxylic acids is 3. The number of hydrazine groups is 1. The number of aromatic hydroxyl groups is 1. The Bertz CT molecular complexity index is 748. The predicted octanol–water partition coefficient (Wildman–Crippen LogP) is -0.00520. The number of hydrogen-bond acceptors (Lipinski definition) is 5. The first kappa shape index (κ1) is 16.3. The Kier molecular flexibility index (Phi) is 4.19. The first-order valence-electron chi connectivity index (χ1n) is 7.36. The lowest BCUT2D eigenvalue weighted by Crippen LogP contribution is -2.50. The van der Waals surface area contributed by atoms with Gasteiger partial charge >= 0.3 is 0 Å². The molecule has 0 aliphatic heterocycles. The van der Waals surface area contributed by atoms with E-state index in [2.05, 4.69) is 10.9 Å². The minimum atomic E-state index is -1.27. The molecule has 3 rings (SSSR count). The predicted molar refractivity (Wildman–Crippen MR) is 81.4 cm³/mol. The van der Waals surface area contributed by atoms with E-state index in [1.165, 1.54) is 18.2 Å². The van der Waals surface area contributed by atoms with Crippen LogP contribution in [0.15, 0.2) is 30.4 Å². The van der Waals surface area contributed by atoms with Crippen LogP contribution in [0, 0.1) is 23.7 Å².